The van der Waals surface area contributed by atoms with E-state index in [9.17, 15) is 19.2 Å². The van der Waals surface area contributed by atoms with Crippen LogP contribution in [0.2, 0.25) is 0 Å². The second-order valence-electron chi connectivity index (χ2n) is 15.6. The third-order valence-electron chi connectivity index (χ3n) is 7.15. The van der Waals surface area contributed by atoms with Gasteiger partial charge in [-0.25, -0.2) is 9.59 Å². The molecule has 0 aromatic carbocycles. The van der Waals surface area contributed by atoms with Gasteiger partial charge >= 0.3 is 11.9 Å². The van der Waals surface area contributed by atoms with Crippen LogP contribution in [0, 0.1) is 11.8 Å². The lowest BCUT2D eigenvalue weighted by molar-refractivity contribution is -0.159. The van der Waals surface area contributed by atoms with Crippen molar-refractivity contribution >= 4 is 23.8 Å². The summed E-state index contributed by atoms with van der Waals surface area (Å²) in [5.41, 5.74) is -1.30. The van der Waals surface area contributed by atoms with Crippen molar-refractivity contribution in [3.63, 3.8) is 0 Å². The van der Waals surface area contributed by atoms with E-state index < -0.39 is 35.2 Å². The number of nitrogens with one attached hydrogen (secondary N) is 2. The highest BCUT2D eigenvalue weighted by atomic mass is 16.6. The van der Waals surface area contributed by atoms with Crippen LogP contribution in [-0.4, -0.2) is 149 Å². The minimum Gasteiger partial charge on any atom is -0.458 e. The Morgan fingerprint density at radius 3 is 1.06 bits per heavy atom. The van der Waals surface area contributed by atoms with Crippen LogP contribution in [0.25, 0.3) is 0 Å². The number of rotatable bonds is 12. The summed E-state index contributed by atoms with van der Waals surface area (Å²) in [5.74, 6) is -1.04. The summed E-state index contributed by atoms with van der Waals surface area (Å²) in [6, 6.07) is -1.46. The van der Waals surface area contributed by atoms with Gasteiger partial charge in [0.15, 0.2) is 0 Å². The van der Waals surface area contributed by atoms with Crippen LogP contribution in [0.5, 0.6) is 0 Å². The number of carbonyl (C=O) groups is 4. The number of ether oxygens (including phenoxy) is 6. The summed E-state index contributed by atoms with van der Waals surface area (Å²) >= 11 is 0. The average molecular weight is 717 g/mol. The maximum absolute atomic E-state index is 13.0. The Morgan fingerprint density at radius 1 is 0.540 bits per heavy atom. The third kappa shape index (κ3) is 23.9. The van der Waals surface area contributed by atoms with Crippen LogP contribution in [0.4, 0.5) is 0 Å². The molecule has 1 saturated heterocycles. The normalized spacial score (nSPS) is 18.8. The highest BCUT2D eigenvalue weighted by Gasteiger charge is 2.29. The lowest BCUT2D eigenvalue weighted by Gasteiger charge is -2.27. The number of carbonyl (C=O) groups excluding carboxylic acids is 4. The maximum Gasteiger partial charge on any atom is 0.329 e. The molecule has 0 aliphatic carbocycles. The van der Waals surface area contributed by atoms with Gasteiger partial charge in [-0.2, -0.15) is 0 Å². The molecule has 292 valence electrons. The molecular formula is C36H68N4O10. The molecule has 2 atom stereocenters. The largest absolute Gasteiger partial charge is 0.458 e. The lowest BCUT2D eigenvalue weighted by Crippen LogP contribution is -2.49. The summed E-state index contributed by atoms with van der Waals surface area (Å²) in [5, 5.41) is 5.74. The fourth-order valence-electron chi connectivity index (χ4n) is 4.96. The van der Waals surface area contributed by atoms with Crippen LogP contribution in [0.3, 0.4) is 0 Å². The molecule has 0 saturated carbocycles. The fraction of sp³-hybridized carbons (Fsp3) is 0.889. The zero-order valence-electron chi connectivity index (χ0n) is 32.6. The molecule has 1 aliphatic heterocycles. The van der Waals surface area contributed by atoms with Gasteiger partial charge in [0.2, 0.25) is 11.8 Å². The van der Waals surface area contributed by atoms with Crippen molar-refractivity contribution in [3.05, 3.63) is 0 Å². The topological polar surface area (TPSA) is 154 Å². The first-order valence-electron chi connectivity index (χ1n) is 18.1. The van der Waals surface area contributed by atoms with Gasteiger partial charge < -0.3 is 39.1 Å². The first-order valence-corrected chi connectivity index (χ1v) is 18.1. The SMILES string of the molecule is CC(C)C[C@@H](NC(=O)CN1CCOCCOCCN(CC(=O)N[C@H](CC(C)C)C(=O)OC(C)(C)C)CCOCCOCC1)C(=O)OC(C)(C)C. The zero-order valence-corrected chi connectivity index (χ0v) is 32.6. The van der Waals surface area contributed by atoms with Gasteiger partial charge in [-0.15, -0.1) is 0 Å². The summed E-state index contributed by atoms with van der Waals surface area (Å²) < 4.78 is 34.2. The minimum atomic E-state index is -0.728. The van der Waals surface area contributed by atoms with Crippen LogP contribution in [-0.2, 0) is 47.6 Å². The summed E-state index contributed by atoms with van der Waals surface area (Å²) in [4.78, 5) is 55.5. The lowest BCUT2D eigenvalue weighted by atomic mass is 10.0. The third-order valence-corrected chi connectivity index (χ3v) is 7.15. The molecule has 1 aliphatic rings. The van der Waals surface area contributed by atoms with Crippen LogP contribution < -0.4 is 10.6 Å². The Balaban J connectivity index is 2.69. The standard InChI is InChI=1S/C36H68N4O10/c1-27(2)23-29(33(43)49-35(5,6)7)37-31(41)25-39-11-15-45-19-21-47-17-13-40(14-18-48-22-20-46-16-12-39)26-32(42)38-30(24-28(3)4)34(44)50-36(8,9)10/h27-30H,11-26H2,1-10H3,(H,37,41)(H,38,42)/t29-,30-/m1/s1. The first kappa shape index (κ1) is 45.7. The van der Waals surface area contributed by atoms with Gasteiger partial charge in [0, 0.05) is 26.2 Å². The van der Waals surface area contributed by atoms with Crippen molar-refractivity contribution in [3.8, 4) is 0 Å². The van der Waals surface area contributed by atoms with E-state index in [2.05, 4.69) is 10.6 Å². The molecule has 0 aromatic heterocycles. The molecule has 2 amide bonds. The molecule has 50 heavy (non-hydrogen) atoms. The van der Waals surface area contributed by atoms with E-state index in [0.717, 1.165) is 0 Å². The van der Waals surface area contributed by atoms with Crippen molar-refractivity contribution in [1.82, 2.24) is 20.4 Å². The summed E-state index contributed by atoms with van der Waals surface area (Å²) in [7, 11) is 0. The predicted molar refractivity (Wildman–Crippen MR) is 191 cm³/mol. The van der Waals surface area contributed by atoms with Crippen molar-refractivity contribution in [2.45, 2.75) is 105 Å². The van der Waals surface area contributed by atoms with Gasteiger partial charge in [0.25, 0.3) is 0 Å². The van der Waals surface area contributed by atoms with E-state index in [0.29, 0.717) is 91.9 Å². The molecule has 2 N–H and O–H groups in total. The molecule has 14 heteroatoms. The van der Waals surface area contributed by atoms with E-state index in [1.165, 1.54) is 0 Å². The molecule has 0 radical (unpaired) electrons. The van der Waals surface area contributed by atoms with E-state index in [1.807, 2.05) is 37.5 Å². The maximum atomic E-state index is 13.0. The molecule has 0 unspecified atom stereocenters. The van der Waals surface area contributed by atoms with Crippen molar-refractivity contribution in [2.75, 3.05) is 92.1 Å². The molecule has 14 nitrogen and oxygen atoms in total. The van der Waals surface area contributed by atoms with Crippen LogP contribution in [0.1, 0.15) is 82.1 Å². The van der Waals surface area contributed by atoms with Gasteiger partial charge in [0.05, 0.1) is 65.9 Å². The minimum absolute atomic E-state index is 0.0799. The number of hydrogen-bond donors (Lipinski definition) is 2. The van der Waals surface area contributed by atoms with E-state index >= 15 is 0 Å². The molecule has 0 spiro atoms. The average Bonchev–Trinajstić information content (AvgIpc) is 2.96. The second kappa shape index (κ2) is 24.0. The molecule has 0 bridgehead atoms. The van der Waals surface area contributed by atoms with Gasteiger partial charge in [-0.1, -0.05) is 27.7 Å². The van der Waals surface area contributed by atoms with Crippen molar-refractivity contribution < 1.29 is 47.6 Å². The van der Waals surface area contributed by atoms with E-state index in [1.54, 1.807) is 41.5 Å². The van der Waals surface area contributed by atoms with Crippen molar-refractivity contribution in [2.24, 2.45) is 11.8 Å². The number of amides is 2. The van der Waals surface area contributed by atoms with Crippen LogP contribution >= 0.6 is 0 Å². The second-order valence-corrected chi connectivity index (χ2v) is 15.6. The molecule has 1 fully saturated rings. The van der Waals surface area contributed by atoms with Gasteiger partial charge in [0.1, 0.15) is 23.3 Å². The van der Waals surface area contributed by atoms with Crippen molar-refractivity contribution in [1.29, 1.82) is 0 Å². The Bertz CT molecular complexity index is 898. The molecule has 0 aromatic rings. The Hall–Kier alpha value is -2.36. The monoisotopic (exact) mass is 716 g/mol. The first-order chi connectivity index (χ1) is 23.3. The molecule has 1 heterocycles. The summed E-state index contributed by atoms with van der Waals surface area (Å²) in [6.45, 7) is 23.9. The predicted octanol–water partition coefficient (Wildman–Crippen LogP) is 2.42. The van der Waals surface area contributed by atoms with Gasteiger partial charge in [-0.05, 0) is 66.2 Å². The Kier molecular flexibility index (Phi) is 21.9. The highest BCUT2D eigenvalue weighted by molar-refractivity contribution is 5.86. The zero-order chi connectivity index (χ0) is 37.7. The van der Waals surface area contributed by atoms with E-state index in [4.69, 9.17) is 28.4 Å². The molecule has 1 rings (SSSR count). The highest BCUT2D eigenvalue weighted by Crippen LogP contribution is 2.14. The fourth-order valence-corrected chi connectivity index (χ4v) is 4.96. The Labute approximate surface area is 300 Å². The number of nitrogens with zero attached hydrogens (tertiary/aromatic N) is 2. The van der Waals surface area contributed by atoms with Gasteiger partial charge in [-0.3, -0.25) is 19.4 Å². The number of esters is 2. The smallest absolute Gasteiger partial charge is 0.329 e. The number of hydrogen-bond acceptors (Lipinski definition) is 12. The summed E-state index contributed by atoms with van der Waals surface area (Å²) in [6.07, 6.45) is 0.954. The Morgan fingerprint density at radius 2 is 0.820 bits per heavy atom. The van der Waals surface area contributed by atoms with Crippen LogP contribution in [0.15, 0.2) is 0 Å². The van der Waals surface area contributed by atoms with E-state index in [-0.39, 0.29) is 36.7 Å². The molecular weight excluding hydrogens is 648 g/mol. The quantitative estimate of drug-likeness (QED) is 0.285.